The average molecular weight is 674 g/mol. The summed E-state index contributed by atoms with van der Waals surface area (Å²) in [5, 5.41) is 32.5. The Labute approximate surface area is 288 Å². The standard InChI is InChI=1S/C39H63NO8/c1-22(2)24-12-17-39(34(44)45)19-18-37(7)25(32(24)39)10-11-28-36(6)15-14-29(35(4,5)27(36)13-16-38(28,37)8)48-31(42)21-40(46-9)30-20-26(41)33(43)23(3)47-30/h23-30,32-33,41,43H,1,10-21H2,2-9H3,(H,44,45)/t23-,24+,25-,26+,27+,28-,29+,30?,32-,33-,36+,37-,38-,39+/m1/s1. The van der Waals surface area contributed by atoms with Crippen LogP contribution >= 0.6 is 0 Å². The number of carboxylic acids is 1. The van der Waals surface area contributed by atoms with E-state index in [1.54, 1.807) is 6.92 Å². The van der Waals surface area contributed by atoms with E-state index in [1.807, 2.05) is 0 Å². The van der Waals surface area contributed by atoms with E-state index in [2.05, 4.69) is 48.1 Å². The monoisotopic (exact) mass is 673 g/mol. The van der Waals surface area contributed by atoms with Crippen molar-refractivity contribution in [2.45, 2.75) is 150 Å². The molecule has 0 spiro atoms. The van der Waals surface area contributed by atoms with Gasteiger partial charge in [-0.05, 0) is 124 Å². The van der Waals surface area contributed by atoms with Crippen LogP contribution in [0.15, 0.2) is 12.2 Å². The first kappa shape index (κ1) is 36.3. The number of allylic oxidation sites excluding steroid dienone is 1. The van der Waals surface area contributed by atoms with Crippen LogP contribution in [0.4, 0.5) is 0 Å². The normalized spacial score (nSPS) is 49.6. The first-order valence-electron chi connectivity index (χ1n) is 18.8. The number of hydrogen-bond donors (Lipinski definition) is 3. The van der Waals surface area contributed by atoms with E-state index < -0.39 is 35.9 Å². The van der Waals surface area contributed by atoms with Crippen LogP contribution in [0.5, 0.6) is 0 Å². The highest BCUT2D eigenvalue weighted by atomic mass is 16.7. The van der Waals surface area contributed by atoms with Gasteiger partial charge in [0, 0.05) is 11.8 Å². The Morgan fingerprint density at radius 2 is 1.62 bits per heavy atom. The lowest BCUT2D eigenvalue weighted by Gasteiger charge is -2.72. The van der Waals surface area contributed by atoms with Gasteiger partial charge in [0.1, 0.15) is 25.0 Å². The summed E-state index contributed by atoms with van der Waals surface area (Å²) in [7, 11) is 1.47. The molecule has 0 aromatic heterocycles. The summed E-state index contributed by atoms with van der Waals surface area (Å²) in [6.45, 7) is 20.3. The Kier molecular flexibility index (Phi) is 9.31. The molecule has 9 heteroatoms. The Balaban J connectivity index is 1.19. The van der Waals surface area contributed by atoms with E-state index in [0.29, 0.717) is 23.7 Å². The van der Waals surface area contributed by atoms with Crippen molar-refractivity contribution < 1.29 is 39.2 Å². The number of aliphatic hydroxyl groups is 2. The molecule has 1 saturated heterocycles. The van der Waals surface area contributed by atoms with Crippen LogP contribution in [-0.4, -0.2) is 76.6 Å². The molecular formula is C39H63NO8. The number of carbonyl (C=O) groups is 2. The van der Waals surface area contributed by atoms with Gasteiger partial charge in [0.05, 0.1) is 24.7 Å². The van der Waals surface area contributed by atoms with Crippen molar-refractivity contribution in [1.82, 2.24) is 5.06 Å². The lowest BCUT2D eigenvalue weighted by atomic mass is 9.32. The van der Waals surface area contributed by atoms with Crippen molar-refractivity contribution in [2.75, 3.05) is 13.7 Å². The molecule has 0 radical (unpaired) electrons. The molecule has 5 aliphatic carbocycles. The summed E-state index contributed by atoms with van der Waals surface area (Å²) < 4.78 is 12.1. The minimum Gasteiger partial charge on any atom is -0.481 e. The Morgan fingerprint density at radius 3 is 2.25 bits per heavy atom. The second-order valence-corrected chi connectivity index (χ2v) is 18.3. The van der Waals surface area contributed by atoms with Crippen molar-refractivity contribution in [3.8, 4) is 0 Å². The zero-order valence-corrected chi connectivity index (χ0v) is 30.8. The van der Waals surface area contributed by atoms with Crippen molar-refractivity contribution in [1.29, 1.82) is 0 Å². The van der Waals surface area contributed by atoms with Crippen molar-refractivity contribution in [3.05, 3.63) is 12.2 Å². The summed E-state index contributed by atoms with van der Waals surface area (Å²) in [5.41, 5.74) is 0.614. The number of ether oxygens (including phenoxy) is 2. The molecule has 1 aliphatic heterocycles. The SMILES string of the molecule is C=C(C)[C@@H]1CC[C@]2(C(=O)O)CC[C@]3(C)[C@H](CC[C@@H]4[C@@]5(C)CC[C@H](OC(=O)CN(OC)C6C[C@H](O)[C@H](O)[C@@H](C)O6)C(C)(C)[C@@H]5CC[C@]43C)[C@@H]12. The highest BCUT2D eigenvalue weighted by molar-refractivity contribution is 5.76. The summed E-state index contributed by atoms with van der Waals surface area (Å²) >= 11 is 0. The Bertz CT molecular complexity index is 1270. The highest BCUT2D eigenvalue weighted by Gasteiger charge is 2.72. The number of hydroxylamine groups is 2. The maximum Gasteiger partial charge on any atom is 0.323 e. The van der Waals surface area contributed by atoms with Crippen LogP contribution in [0.2, 0.25) is 0 Å². The Hall–Kier alpha value is -1.52. The molecule has 0 aromatic carbocycles. The molecule has 0 aromatic rings. The fourth-order valence-electron chi connectivity index (χ4n) is 13.5. The lowest BCUT2D eigenvalue weighted by Crippen LogP contribution is -2.67. The minimum atomic E-state index is -0.980. The van der Waals surface area contributed by atoms with Gasteiger partial charge in [0.25, 0.3) is 0 Å². The number of hydrogen-bond acceptors (Lipinski definition) is 8. The van der Waals surface area contributed by atoms with E-state index in [-0.39, 0.29) is 52.6 Å². The van der Waals surface area contributed by atoms with Crippen LogP contribution in [0.1, 0.15) is 119 Å². The molecule has 3 N–H and O–H groups in total. The molecule has 6 aliphatic rings. The van der Waals surface area contributed by atoms with E-state index in [0.717, 1.165) is 69.8 Å². The molecular weight excluding hydrogens is 610 g/mol. The second-order valence-electron chi connectivity index (χ2n) is 18.3. The molecule has 1 heterocycles. The number of carboxylic acid groups (broad SMARTS) is 1. The smallest absolute Gasteiger partial charge is 0.323 e. The first-order chi connectivity index (χ1) is 22.4. The molecule has 0 amide bonds. The number of aliphatic hydroxyl groups excluding tert-OH is 2. The fraction of sp³-hybridized carbons (Fsp3) is 0.897. The number of carbonyl (C=O) groups excluding carboxylic acids is 1. The second kappa shape index (κ2) is 12.3. The predicted octanol–water partition coefficient (Wildman–Crippen LogP) is 6.36. The van der Waals surface area contributed by atoms with Crippen molar-refractivity contribution in [3.63, 3.8) is 0 Å². The van der Waals surface area contributed by atoms with Crippen LogP contribution < -0.4 is 0 Å². The third kappa shape index (κ3) is 5.17. The van der Waals surface area contributed by atoms with Crippen molar-refractivity contribution >= 4 is 11.9 Å². The molecule has 1 unspecified atom stereocenters. The van der Waals surface area contributed by atoms with Gasteiger partial charge in [-0.1, -0.05) is 46.8 Å². The molecule has 6 fully saturated rings. The number of esters is 1. The molecule has 272 valence electrons. The molecule has 6 rings (SSSR count). The van der Waals surface area contributed by atoms with E-state index >= 15 is 0 Å². The fourth-order valence-corrected chi connectivity index (χ4v) is 13.5. The van der Waals surface area contributed by atoms with Gasteiger partial charge in [-0.2, -0.15) is 0 Å². The number of aliphatic carboxylic acids is 1. The number of rotatable bonds is 7. The quantitative estimate of drug-likeness (QED) is 0.161. The Morgan fingerprint density at radius 1 is 0.917 bits per heavy atom. The van der Waals surface area contributed by atoms with E-state index in [9.17, 15) is 24.9 Å². The van der Waals surface area contributed by atoms with Gasteiger partial charge >= 0.3 is 11.9 Å². The zero-order valence-electron chi connectivity index (χ0n) is 30.8. The third-order valence-electron chi connectivity index (χ3n) is 16.2. The van der Waals surface area contributed by atoms with Crippen molar-refractivity contribution in [2.24, 2.45) is 56.7 Å². The number of nitrogens with zero attached hydrogens (tertiary/aromatic N) is 1. The summed E-state index contributed by atoms with van der Waals surface area (Å²) in [5.74, 6) is 0.813. The molecule has 9 nitrogen and oxygen atoms in total. The van der Waals surface area contributed by atoms with Gasteiger partial charge in [-0.15, -0.1) is 5.06 Å². The van der Waals surface area contributed by atoms with Crippen LogP contribution in [0, 0.1) is 56.7 Å². The first-order valence-corrected chi connectivity index (χ1v) is 18.8. The lowest BCUT2D eigenvalue weighted by molar-refractivity contribution is -0.289. The minimum absolute atomic E-state index is 0.0743. The van der Waals surface area contributed by atoms with Gasteiger partial charge in [0.15, 0.2) is 0 Å². The predicted molar refractivity (Wildman–Crippen MR) is 181 cm³/mol. The zero-order chi connectivity index (χ0) is 35.2. The van der Waals surface area contributed by atoms with Gasteiger partial charge < -0.3 is 24.8 Å². The molecule has 48 heavy (non-hydrogen) atoms. The maximum absolute atomic E-state index is 13.4. The molecule has 14 atom stereocenters. The summed E-state index contributed by atoms with van der Waals surface area (Å²) in [6.07, 6.45) is 6.41. The van der Waals surface area contributed by atoms with Gasteiger partial charge in [-0.3, -0.25) is 14.4 Å². The topological polar surface area (TPSA) is 126 Å². The summed E-state index contributed by atoms with van der Waals surface area (Å²) in [6, 6.07) is 0. The summed E-state index contributed by atoms with van der Waals surface area (Å²) in [4.78, 5) is 31.9. The largest absolute Gasteiger partial charge is 0.481 e. The van der Waals surface area contributed by atoms with Gasteiger partial charge in [-0.25, -0.2) is 0 Å². The van der Waals surface area contributed by atoms with Crippen LogP contribution in [0.25, 0.3) is 0 Å². The third-order valence-corrected chi connectivity index (χ3v) is 16.2. The van der Waals surface area contributed by atoms with Gasteiger partial charge in [0.2, 0.25) is 0 Å². The molecule has 0 bridgehead atoms. The van der Waals surface area contributed by atoms with E-state index in [1.165, 1.54) is 12.2 Å². The molecule has 5 saturated carbocycles. The van der Waals surface area contributed by atoms with E-state index in [4.69, 9.17) is 14.3 Å². The maximum atomic E-state index is 13.4. The highest BCUT2D eigenvalue weighted by Crippen LogP contribution is 2.77. The van der Waals surface area contributed by atoms with Crippen LogP contribution in [-0.2, 0) is 23.9 Å². The average Bonchev–Trinajstić information content (AvgIpc) is 3.42. The number of fused-ring (bicyclic) bond motifs is 7. The van der Waals surface area contributed by atoms with Crippen LogP contribution in [0.3, 0.4) is 0 Å².